The summed E-state index contributed by atoms with van der Waals surface area (Å²) in [6.45, 7) is 7.32. The van der Waals surface area contributed by atoms with Gasteiger partial charge < -0.3 is 15.1 Å². The highest BCUT2D eigenvalue weighted by Crippen LogP contribution is 2.42. The van der Waals surface area contributed by atoms with Crippen LogP contribution in [0.4, 0.5) is 0 Å². The van der Waals surface area contributed by atoms with Crippen LogP contribution in [0, 0.1) is 5.92 Å². The minimum atomic E-state index is -0.965. The van der Waals surface area contributed by atoms with Crippen molar-refractivity contribution in [2.75, 3.05) is 19.6 Å². The van der Waals surface area contributed by atoms with Crippen LogP contribution in [-0.2, 0) is 5.60 Å². The SMILES string of the molecule is CC(C)c1ccc(C(O)CCCN2CCC(C(O)(c3ccccc3)c3ccccc3)CC2)cc1.Cl. The number of hydrogen-bond donors (Lipinski definition) is 2. The van der Waals surface area contributed by atoms with Gasteiger partial charge in [-0.2, -0.15) is 0 Å². The Morgan fingerprint density at radius 1 is 0.800 bits per heavy atom. The van der Waals surface area contributed by atoms with E-state index in [0.29, 0.717) is 5.92 Å². The van der Waals surface area contributed by atoms with Gasteiger partial charge in [0.05, 0.1) is 6.10 Å². The standard InChI is InChI=1S/C31H39NO2.ClH/c1-24(2)25-15-17-26(18-16-25)30(33)14-9-21-32-22-19-29(20-23-32)31(34,27-10-5-3-6-11-27)28-12-7-4-8-13-28;/h3-8,10-13,15-18,24,29-30,33-34H,9,14,19-23H2,1-2H3;1H. The lowest BCUT2D eigenvalue weighted by Crippen LogP contribution is -2.44. The number of nitrogens with zero attached hydrogens (tertiary/aromatic N) is 1. The average Bonchev–Trinajstić information content (AvgIpc) is 2.89. The zero-order valence-corrected chi connectivity index (χ0v) is 21.8. The molecule has 0 aliphatic carbocycles. The summed E-state index contributed by atoms with van der Waals surface area (Å²) in [6.07, 6.45) is 3.26. The van der Waals surface area contributed by atoms with E-state index in [0.717, 1.165) is 62.0 Å². The molecule has 0 amide bonds. The maximum absolute atomic E-state index is 12.0. The molecule has 1 heterocycles. The fourth-order valence-electron chi connectivity index (χ4n) is 5.37. The van der Waals surface area contributed by atoms with Crippen molar-refractivity contribution < 1.29 is 10.2 Å². The quantitative estimate of drug-likeness (QED) is 0.349. The molecule has 3 nitrogen and oxygen atoms in total. The first-order chi connectivity index (χ1) is 16.5. The van der Waals surface area contributed by atoms with Gasteiger partial charge in [0.2, 0.25) is 0 Å². The molecule has 1 aliphatic rings. The summed E-state index contributed by atoms with van der Waals surface area (Å²) in [5.41, 5.74) is 3.31. The molecule has 3 aromatic carbocycles. The van der Waals surface area contributed by atoms with Gasteiger partial charge in [-0.05, 0) is 79.4 Å². The number of rotatable bonds is 9. The Morgan fingerprint density at radius 3 is 1.77 bits per heavy atom. The summed E-state index contributed by atoms with van der Waals surface area (Å²) in [5, 5.41) is 22.7. The molecule has 4 rings (SSSR count). The van der Waals surface area contributed by atoms with Crippen molar-refractivity contribution in [2.45, 2.75) is 57.2 Å². The monoisotopic (exact) mass is 493 g/mol. The van der Waals surface area contributed by atoms with Crippen LogP contribution in [0.3, 0.4) is 0 Å². The molecule has 1 unspecified atom stereocenters. The summed E-state index contributed by atoms with van der Waals surface area (Å²) in [7, 11) is 0. The van der Waals surface area contributed by atoms with E-state index < -0.39 is 11.7 Å². The van der Waals surface area contributed by atoms with Crippen LogP contribution in [0.1, 0.15) is 73.8 Å². The third-order valence-electron chi connectivity index (χ3n) is 7.55. The summed E-state index contributed by atoms with van der Waals surface area (Å²) >= 11 is 0. The van der Waals surface area contributed by atoms with Crippen molar-refractivity contribution in [2.24, 2.45) is 5.92 Å². The molecule has 1 saturated heterocycles. The van der Waals surface area contributed by atoms with Crippen LogP contribution < -0.4 is 0 Å². The molecule has 35 heavy (non-hydrogen) atoms. The summed E-state index contributed by atoms with van der Waals surface area (Å²) in [6, 6.07) is 28.7. The second kappa shape index (κ2) is 12.7. The molecule has 2 N–H and O–H groups in total. The van der Waals surface area contributed by atoms with Crippen LogP contribution in [0.5, 0.6) is 0 Å². The van der Waals surface area contributed by atoms with E-state index in [2.05, 4.69) is 67.3 Å². The normalized spacial score (nSPS) is 16.1. The van der Waals surface area contributed by atoms with Crippen molar-refractivity contribution in [3.05, 3.63) is 107 Å². The van der Waals surface area contributed by atoms with E-state index in [1.165, 1.54) is 5.56 Å². The van der Waals surface area contributed by atoms with Crippen molar-refractivity contribution in [3.8, 4) is 0 Å². The lowest BCUT2D eigenvalue weighted by molar-refractivity contribution is -0.0146. The zero-order valence-electron chi connectivity index (χ0n) is 21.0. The Labute approximate surface area is 217 Å². The van der Waals surface area contributed by atoms with Crippen molar-refractivity contribution in [3.63, 3.8) is 0 Å². The van der Waals surface area contributed by atoms with Crippen LogP contribution in [-0.4, -0.2) is 34.7 Å². The maximum Gasteiger partial charge on any atom is 0.117 e. The Bertz CT molecular complexity index is 960. The molecule has 4 heteroatoms. The van der Waals surface area contributed by atoms with Gasteiger partial charge in [0, 0.05) is 0 Å². The molecule has 188 valence electrons. The van der Waals surface area contributed by atoms with Crippen molar-refractivity contribution >= 4 is 12.4 Å². The van der Waals surface area contributed by atoms with Gasteiger partial charge in [0.15, 0.2) is 0 Å². The second-order valence-electron chi connectivity index (χ2n) is 10.1. The number of benzene rings is 3. The maximum atomic E-state index is 12.0. The number of likely N-dealkylation sites (tertiary alicyclic amines) is 1. The van der Waals surface area contributed by atoms with Crippen molar-refractivity contribution in [1.82, 2.24) is 4.90 Å². The number of piperidine rings is 1. The summed E-state index contributed by atoms with van der Waals surface area (Å²) < 4.78 is 0. The molecular weight excluding hydrogens is 454 g/mol. The fraction of sp³-hybridized carbons (Fsp3) is 0.419. The third kappa shape index (κ3) is 6.54. The van der Waals surface area contributed by atoms with E-state index in [4.69, 9.17) is 0 Å². The highest BCUT2D eigenvalue weighted by molar-refractivity contribution is 5.85. The van der Waals surface area contributed by atoms with Gasteiger partial charge in [0.1, 0.15) is 5.60 Å². The highest BCUT2D eigenvalue weighted by Gasteiger charge is 2.41. The first-order valence-electron chi connectivity index (χ1n) is 12.8. The van der Waals surface area contributed by atoms with Crippen LogP contribution in [0.25, 0.3) is 0 Å². The van der Waals surface area contributed by atoms with Gasteiger partial charge in [-0.3, -0.25) is 0 Å². The first kappa shape index (κ1) is 27.4. The summed E-state index contributed by atoms with van der Waals surface area (Å²) in [5.74, 6) is 0.689. The molecule has 0 radical (unpaired) electrons. The molecule has 1 aliphatic heterocycles. The molecule has 1 fully saturated rings. The largest absolute Gasteiger partial charge is 0.388 e. The highest BCUT2D eigenvalue weighted by atomic mass is 35.5. The van der Waals surface area contributed by atoms with Crippen LogP contribution in [0.15, 0.2) is 84.9 Å². The topological polar surface area (TPSA) is 43.7 Å². The Hall–Kier alpha value is -2.17. The lowest BCUT2D eigenvalue weighted by Gasteiger charge is -2.42. The minimum absolute atomic E-state index is 0. The van der Waals surface area contributed by atoms with E-state index in [1.807, 2.05) is 36.4 Å². The van der Waals surface area contributed by atoms with Gasteiger partial charge in [-0.15, -0.1) is 12.4 Å². The number of aliphatic hydroxyl groups is 2. The molecule has 0 bridgehead atoms. The molecule has 0 aromatic heterocycles. The van der Waals surface area contributed by atoms with Gasteiger partial charge >= 0.3 is 0 Å². The molecular formula is C31H40ClNO2. The third-order valence-corrected chi connectivity index (χ3v) is 7.55. The molecule has 1 atom stereocenters. The van der Waals surface area contributed by atoms with E-state index in [9.17, 15) is 10.2 Å². The van der Waals surface area contributed by atoms with Gasteiger partial charge in [-0.25, -0.2) is 0 Å². The Balaban J connectivity index is 0.00000342. The molecule has 0 spiro atoms. The van der Waals surface area contributed by atoms with Gasteiger partial charge in [-0.1, -0.05) is 98.8 Å². The smallest absolute Gasteiger partial charge is 0.117 e. The van der Waals surface area contributed by atoms with E-state index >= 15 is 0 Å². The number of halogens is 1. The second-order valence-corrected chi connectivity index (χ2v) is 10.1. The average molecular weight is 494 g/mol. The zero-order chi connectivity index (χ0) is 24.0. The van der Waals surface area contributed by atoms with Gasteiger partial charge in [0.25, 0.3) is 0 Å². The van der Waals surface area contributed by atoms with Crippen LogP contribution >= 0.6 is 12.4 Å². The lowest BCUT2D eigenvalue weighted by atomic mass is 9.72. The van der Waals surface area contributed by atoms with E-state index in [-0.39, 0.29) is 18.3 Å². The van der Waals surface area contributed by atoms with Crippen LogP contribution in [0.2, 0.25) is 0 Å². The Morgan fingerprint density at radius 2 is 1.29 bits per heavy atom. The first-order valence-corrected chi connectivity index (χ1v) is 12.8. The number of aliphatic hydroxyl groups excluding tert-OH is 1. The predicted molar refractivity (Wildman–Crippen MR) is 147 cm³/mol. The predicted octanol–water partition coefficient (Wildman–Crippen LogP) is 6.69. The fourth-order valence-corrected chi connectivity index (χ4v) is 5.37. The molecule has 0 saturated carbocycles. The Kier molecular flexibility index (Phi) is 9.94. The van der Waals surface area contributed by atoms with E-state index in [1.54, 1.807) is 0 Å². The van der Waals surface area contributed by atoms with Crippen molar-refractivity contribution in [1.29, 1.82) is 0 Å². The minimum Gasteiger partial charge on any atom is -0.388 e. The summed E-state index contributed by atoms with van der Waals surface area (Å²) in [4.78, 5) is 2.49. The number of hydrogen-bond acceptors (Lipinski definition) is 3. The molecule has 3 aromatic rings.